The Balaban J connectivity index is 2.09. The summed E-state index contributed by atoms with van der Waals surface area (Å²) in [6.07, 6.45) is 4.66. The van der Waals surface area contributed by atoms with E-state index in [4.69, 9.17) is 21.4 Å². The number of nitrogens with zero attached hydrogens (tertiary/aromatic N) is 2. The van der Waals surface area contributed by atoms with Crippen LogP contribution in [0.2, 0.25) is 5.02 Å². The lowest BCUT2D eigenvalue weighted by atomic mass is 9.80. The zero-order chi connectivity index (χ0) is 13.9. The molecule has 0 aliphatic heterocycles. The normalized spacial score (nSPS) is 17.0. The van der Waals surface area contributed by atoms with Crippen LogP contribution in [0.15, 0.2) is 11.0 Å². The second-order valence-electron chi connectivity index (χ2n) is 4.72. The van der Waals surface area contributed by atoms with Crippen molar-refractivity contribution in [3.8, 4) is 0 Å². The van der Waals surface area contributed by atoms with Crippen LogP contribution in [-0.4, -0.2) is 40.7 Å². The van der Waals surface area contributed by atoms with Crippen LogP contribution in [0.4, 0.5) is 5.69 Å². The zero-order valence-corrected chi connectivity index (χ0v) is 11.6. The molecule has 1 aromatic rings. The minimum absolute atomic E-state index is 0.0917. The van der Waals surface area contributed by atoms with Crippen molar-refractivity contribution in [2.75, 3.05) is 25.6 Å². The summed E-state index contributed by atoms with van der Waals surface area (Å²) in [5.41, 5.74) is -0.0477. The van der Waals surface area contributed by atoms with Gasteiger partial charge in [-0.2, -0.15) is 5.10 Å². The molecule has 0 radical (unpaired) electrons. The molecular weight excluding hydrogens is 270 g/mol. The molecule has 2 rings (SSSR count). The lowest BCUT2D eigenvalue weighted by molar-refractivity contribution is -0.0601. The maximum Gasteiger partial charge on any atom is 0.287 e. The summed E-state index contributed by atoms with van der Waals surface area (Å²) in [7, 11) is 1.69. The molecule has 0 unspecified atom stereocenters. The first kappa shape index (κ1) is 14.3. The number of aromatic nitrogens is 2. The summed E-state index contributed by atoms with van der Waals surface area (Å²) in [6.45, 7) is 0.595. The van der Waals surface area contributed by atoms with Gasteiger partial charge >= 0.3 is 0 Å². The Labute approximate surface area is 116 Å². The van der Waals surface area contributed by atoms with E-state index in [1.165, 1.54) is 6.20 Å². The quantitative estimate of drug-likeness (QED) is 0.812. The fourth-order valence-electron chi connectivity index (χ4n) is 2.12. The van der Waals surface area contributed by atoms with Gasteiger partial charge in [0.05, 0.1) is 30.6 Å². The molecule has 6 nitrogen and oxygen atoms in total. The number of methoxy groups -OCH3 is 1. The van der Waals surface area contributed by atoms with Gasteiger partial charge in [-0.3, -0.25) is 4.79 Å². The number of nitrogens with one attached hydrogen (secondary N) is 1. The number of halogens is 1. The van der Waals surface area contributed by atoms with Crippen molar-refractivity contribution < 1.29 is 9.84 Å². The van der Waals surface area contributed by atoms with E-state index in [1.54, 1.807) is 7.11 Å². The van der Waals surface area contributed by atoms with Gasteiger partial charge in [0.2, 0.25) is 0 Å². The largest absolute Gasteiger partial charge is 0.394 e. The van der Waals surface area contributed by atoms with Crippen LogP contribution in [0, 0.1) is 0 Å². The molecule has 0 bridgehead atoms. The fraction of sp³-hybridized carbons (Fsp3) is 0.667. The summed E-state index contributed by atoms with van der Waals surface area (Å²) in [5, 5.41) is 16.0. The van der Waals surface area contributed by atoms with E-state index in [1.807, 2.05) is 0 Å². The number of aliphatic hydroxyl groups excluding tert-OH is 1. The second-order valence-corrected chi connectivity index (χ2v) is 5.10. The van der Waals surface area contributed by atoms with Crippen LogP contribution < -0.4 is 10.9 Å². The van der Waals surface area contributed by atoms with E-state index >= 15 is 0 Å². The number of rotatable bonds is 6. The number of aliphatic hydroxyl groups is 1. The Bertz CT molecular complexity index is 494. The predicted octanol–water partition coefficient (Wildman–Crippen LogP) is 0.870. The Morgan fingerprint density at radius 2 is 2.37 bits per heavy atom. The summed E-state index contributed by atoms with van der Waals surface area (Å²) in [5.74, 6) is 0. The highest BCUT2D eigenvalue weighted by atomic mass is 35.5. The van der Waals surface area contributed by atoms with Crippen molar-refractivity contribution >= 4 is 17.3 Å². The van der Waals surface area contributed by atoms with Gasteiger partial charge < -0.3 is 15.2 Å². The third-order valence-corrected chi connectivity index (χ3v) is 3.96. The number of hydrogen-bond donors (Lipinski definition) is 2. The molecule has 7 heteroatoms. The van der Waals surface area contributed by atoms with Gasteiger partial charge in [0, 0.05) is 13.7 Å². The fourth-order valence-corrected chi connectivity index (χ4v) is 2.34. The average molecular weight is 288 g/mol. The third-order valence-electron chi connectivity index (χ3n) is 3.60. The molecular formula is C12H18ClN3O3. The molecule has 1 saturated carbocycles. The van der Waals surface area contributed by atoms with Crippen LogP contribution >= 0.6 is 11.6 Å². The molecule has 0 aromatic carbocycles. The molecule has 0 amide bonds. The number of hydrogen-bond acceptors (Lipinski definition) is 5. The molecule has 1 aliphatic rings. The summed E-state index contributed by atoms with van der Waals surface area (Å²) >= 11 is 6.01. The van der Waals surface area contributed by atoms with Crippen molar-refractivity contribution in [2.24, 2.45) is 0 Å². The lowest BCUT2D eigenvalue weighted by Gasteiger charge is -2.40. The second kappa shape index (κ2) is 5.90. The molecule has 19 heavy (non-hydrogen) atoms. The highest BCUT2D eigenvalue weighted by Crippen LogP contribution is 2.35. The minimum atomic E-state index is -0.402. The van der Waals surface area contributed by atoms with Gasteiger partial charge in [-0.15, -0.1) is 0 Å². The van der Waals surface area contributed by atoms with Gasteiger partial charge in [-0.05, 0) is 19.3 Å². The van der Waals surface area contributed by atoms with Crippen molar-refractivity contribution in [3.63, 3.8) is 0 Å². The van der Waals surface area contributed by atoms with E-state index in [9.17, 15) is 4.79 Å². The monoisotopic (exact) mass is 287 g/mol. The molecule has 1 aromatic heterocycles. The molecule has 1 heterocycles. The molecule has 0 saturated heterocycles. The standard InChI is InChI=1S/C12H18ClN3O3/c1-19-12(3-2-4-12)8-14-9-7-15-16(5-6-17)11(18)10(9)13/h7,14,17H,2-6,8H2,1H3. The Kier molecular flexibility index (Phi) is 4.44. The molecule has 106 valence electrons. The van der Waals surface area contributed by atoms with E-state index in [2.05, 4.69) is 10.4 Å². The molecule has 0 spiro atoms. The Hall–Kier alpha value is -1.11. The number of anilines is 1. The zero-order valence-electron chi connectivity index (χ0n) is 10.9. The number of ether oxygens (including phenoxy) is 1. The maximum atomic E-state index is 11.8. The Morgan fingerprint density at radius 3 is 2.89 bits per heavy atom. The average Bonchev–Trinajstić information content (AvgIpc) is 2.37. The SMILES string of the molecule is COC1(CNc2cnn(CCO)c(=O)c2Cl)CCC1. The van der Waals surface area contributed by atoms with Crippen LogP contribution in [0.1, 0.15) is 19.3 Å². The molecule has 1 fully saturated rings. The molecule has 2 N–H and O–H groups in total. The highest BCUT2D eigenvalue weighted by Gasteiger charge is 2.36. The third kappa shape index (κ3) is 2.91. The van der Waals surface area contributed by atoms with E-state index in [0.29, 0.717) is 12.2 Å². The first-order valence-corrected chi connectivity index (χ1v) is 6.65. The molecule has 1 aliphatic carbocycles. The first-order chi connectivity index (χ1) is 9.12. The highest BCUT2D eigenvalue weighted by molar-refractivity contribution is 6.32. The van der Waals surface area contributed by atoms with Gasteiger partial charge in [-0.25, -0.2) is 4.68 Å². The van der Waals surface area contributed by atoms with E-state index in [-0.39, 0.29) is 23.8 Å². The van der Waals surface area contributed by atoms with Gasteiger partial charge in [0.25, 0.3) is 5.56 Å². The smallest absolute Gasteiger partial charge is 0.287 e. The summed E-state index contributed by atoms with van der Waals surface area (Å²) in [6, 6.07) is 0. The van der Waals surface area contributed by atoms with Crippen molar-refractivity contribution in [2.45, 2.75) is 31.4 Å². The van der Waals surface area contributed by atoms with Crippen LogP contribution in [0.5, 0.6) is 0 Å². The van der Waals surface area contributed by atoms with E-state index < -0.39 is 5.56 Å². The maximum absolute atomic E-state index is 11.8. The minimum Gasteiger partial charge on any atom is -0.394 e. The summed E-state index contributed by atoms with van der Waals surface area (Å²) < 4.78 is 6.63. The molecule has 0 atom stereocenters. The topological polar surface area (TPSA) is 76.4 Å². The van der Waals surface area contributed by atoms with Crippen LogP contribution in [-0.2, 0) is 11.3 Å². The lowest BCUT2D eigenvalue weighted by Crippen LogP contribution is -2.45. The first-order valence-electron chi connectivity index (χ1n) is 6.27. The summed E-state index contributed by atoms with van der Waals surface area (Å²) in [4.78, 5) is 11.8. The van der Waals surface area contributed by atoms with Gasteiger partial charge in [-0.1, -0.05) is 11.6 Å². The van der Waals surface area contributed by atoms with E-state index in [0.717, 1.165) is 23.9 Å². The van der Waals surface area contributed by atoms with Gasteiger partial charge in [0.15, 0.2) is 0 Å². The predicted molar refractivity (Wildman–Crippen MR) is 72.7 cm³/mol. The van der Waals surface area contributed by atoms with Crippen LogP contribution in [0.3, 0.4) is 0 Å². The van der Waals surface area contributed by atoms with Gasteiger partial charge in [0.1, 0.15) is 5.02 Å². The van der Waals surface area contributed by atoms with Crippen molar-refractivity contribution in [1.82, 2.24) is 9.78 Å². The van der Waals surface area contributed by atoms with Crippen molar-refractivity contribution in [3.05, 3.63) is 21.6 Å². The van der Waals surface area contributed by atoms with Crippen molar-refractivity contribution in [1.29, 1.82) is 0 Å². The van der Waals surface area contributed by atoms with Crippen LogP contribution in [0.25, 0.3) is 0 Å². The Morgan fingerprint density at radius 1 is 1.63 bits per heavy atom.